The number of aromatic nitrogens is 4. The average molecular weight is 289 g/mol. The van der Waals surface area contributed by atoms with E-state index < -0.39 is 5.60 Å². The van der Waals surface area contributed by atoms with E-state index in [0.717, 1.165) is 18.5 Å². The predicted octanol–water partition coefficient (Wildman–Crippen LogP) is 0.810. The molecule has 0 spiro atoms. The molecule has 0 aliphatic carbocycles. The van der Waals surface area contributed by atoms with Gasteiger partial charge in [-0.1, -0.05) is 0 Å². The Morgan fingerprint density at radius 2 is 2.14 bits per heavy atom. The molecule has 0 bridgehead atoms. The first-order valence-electron chi connectivity index (χ1n) is 7.15. The fourth-order valence-electron chi connectivity index (χ4n) is 2.74. The molecule has 1 fully saturated rings. The van der Waals surface area contributed by atoms with E-state index in [1.54, 1.807) is 15.6 Å². The van der Waals surface area contributed by atoms with Gasteiger partial charge in [-0.25, -0.2) is 9.50 Å². The molecule has 1 aliphatic heterocycles. The minimum Gasteiger partial charge on any atom is -0.390 e. The van der Waals surface area contributed by atoms with Crippen LogP contribution in [-0.4, -0.2) is 54.2 Å². The Morgan fingerprint density at radius 3 is 2.95 bits per heavy atom. The first-order valence-corrected chi connectivity index (χ1v) is 7.15. The SMILES string of the molecule is Cc1c(C(=O)N2CCCC(C)(O)CC2)cnc2ncnn12. The maximum Gasteiger partial charge on any atom is 0.257 e. The molecule has 1 unspecified atom stereocenters. The van der Waals surface area contributed by atoms with Crippen LogP contribution in [0.1, 0.15) is 42.2 Å². The third kappa shape index (κ3) is 2.61. The van der Waals surface area contributed by atoms with Gasteiger partial charge >= 0.3 is 0 Å². The van der Waals surface area contributed by atoms with Crippen molar-refractivity contribution in [1.29, 1.82) is 0 Å². The molecule has 1 saturated heterocycles. The maximum absolute atomic E-state index is 12.7. The van der Waals surface area contributed by atoms with E-state index in [2.05, 4.69) is 15.1 Å². The fourth-order valence-corrected chi connectivity index (χ4v) is 2.74. The minimum atomic E-state index is -0.682. The number of likely N-dealkylation sites (tertiary alicyclic amines) is 1. The molecule has 1 amide bonds. The zero-order chi connectivity index (χ0) is 15.0. The number of nitrogens with zero attached hydrogens (tertiary/aromatic N) is 5. The number of hydrogen-bond donors (Lipinski definition) is 1. The Kier molecular flexibility index (Phi) is 3.36. The summed E-state index contributed by atoms with van der Waals surface area (Å²) >= 11 is 0. The van der Waals surface area contributed by atoms with E-state index in [-0.39, 0.29) is 5.91 Å². The molecule has 3 heterocycles. The summed E-state index contributed by atoms with van der Waals surface area (Å²) in [7, 11) is 0. The van der Waals surface area contributed by atoms with Crippen molar-refractivity contribution >= 4 is 11.7 Å². The highest BCUT2D eigenvalue weighted by Crippen LogP contribution is 2.22. The Bertz CT molecular complexity index is 679. The van der Waals surface area contributed by atoms with E-state index in [1.807, 2.05) is 13.8 Å². The van der Waals surface area contributed by atoms with Crippen molar-refractivity contribution in [3.05, 3.63) is 23.8 Å². The van der Waals surface area contributed by atoms with Gasteiger partial charge < -0.3 is 10.0 Å². The van der Waals surface area contributed by atoms with Gasteiger partial charge in [0.2, 0.25) is 0 Å². The van der Waals surface area contributed by atoms with Crippen LogP contribution < -0.4 is 0 Å². The second-order valence-electron chi connectivity index (χ2n) is 5.87. The zero-order valence-electron chi connectivity index (χ0n) is 12.3. The van der Waals surface area contributed by atoms with Crippen molar-refractivity contribution in [3.8, 4) is 0 Å². The number of aliphatic hydroxyl groups is 1. The van der Waals surface area contributed by atoms with Crippen molar-refractivity contribution in [2.75, 3.05) is 13.1 Å². The summed E-state index contributed by atoms with van der Waals surface area (Å²) in [6, 6.07) is 0. The van der Waals surface area contributed by atoms with Gasteiger partial charge in [0.15, 0.2) is 0 Å². The monoisotopic (exact) mass is 289 g/mol. The molecule has 0 aromatic carbocycles. The van der Waals surface area contributed by atoms with Crippen LogP contribution in [0.5, 0.6) is 0 Å². The molecule has 21 heavy (non-hydrogen) atoms. The zero-order valence-corrected chi connectivity index (χ0v) is 12.3. The molecule has 3 rings (SSSR count). The van der Waals surface area contributed by atoms with Gasteiger partial charge in [0.1, 0.15) is 6.33 Å². The van der Waals surface area contributed by atoms with Crippen LogP contribution in [0, 0.1) is 6.92 Å². The Hall–Kier alpha value is -2.02. The molecule has 112 valence electrons. The topological polar surface area (TPSA) is 83.6 Å². The smallest absolute Gasteiger partial charge is 0.257 e. The lowest BCUT2D eigenvalue weighted by atomic mass is 9.98. The number of carbonyl (C=O) groups excluding carboxylic acids is 1. The van der Waals surface area contributed by atoms with E-state index in [9.17, 15) is 9.90 Å². The minimum absolute atomic E-state index is 0.0601. The Morgan fingerprint density at radius 1 is 1.33 bits per heavy atom. The lowest BCUT2D eigenvalue weighted by Crippen LogP contribution is -2.34. The quantitative estimate of drug-likeness (QED) is 0.840. The van der Waals surface area contributed by atoms with Crippen molar-refractivity contribution < 1.29 is 9.90 Å². The fraction of sp³-hybridized carbons (Fsp3) is 0.571. The molecule has 2 aromatic rings. The van der Waals surface area contributed by atoms with Crippen LogP contribution in [0.3, 0.4) is 0 Å². The van der Waals surface area contributed by atoms with Crippen LogP contribution in [0.15, 0.2) is 12.5 Å². The summed E-state index contributed by atoms with van der Waals surface area (Å²) < 4.78 is 1.57. The lowest BCUT2D eigenvalue weighted by Gasteiger charge is -2.23. The van der Waals surface area contributed by atoms with Crippen molar-refractivity contribution in [2.45, 2.75) is 38.7 Å². The van der Waals surface area contributed by atoms with E-state index >= 15 is 0 Å². The van der Waals surface area contributed by atoms with Crippen LogP contribution in [0.25, 0.3) is 5.78 Å². The molecule has 0 radical (unpaired) electrons. The van der Waals surface area contributed by atoms with Gasteiger partial charge in [-0.3, -0.25) is 4.79 Å². The van der Waals surface area contributed by atoms with Gasteiger partial charge in [-0.2, -0.15) is 10.1 Å². The standard InChI is InChI=1S/C14H19N5O2/c1-10-11(8-15-13-16-9-17-19(10)13)12(20)18-6-3-4-14(2,21)5-7-18/h8-9,21H,3-7H2,1-2H3. The normalized spacial score (nSPS) is 23.3. The van der Waals surface area contributed by atoms with Crippen LogP contribution >= 0.6 is 0 Å². The Balaban J connectivity index is 1.88. The highest BCUT2D eigenvalue weighted by atomic mass is 16.3. The number of hydrogen-bond acceptors (Lipinski definition) is 5. The average Bonchev–Trinajstić information content (AvgIpc) is 2.84. The number of aryl methyl sites for hydroxylation is 1. The molecule has 1 N–H and O–H groups in total. The number of amides is 1. The van der Waals surface area contributed by atoms with Gasteiger partial charge in [0, 0.05) is 19.3 Å². The lowest BCUT2D eigenvalue weighted by molar-refractivity contribution is 0.0437. The molecule has 1 atom stereocenters. The van der Waals surface area contributed by atoms with Crippen molar-refractivity contribution in [2.24, 2.45) is 0 Å². The van der Waals surface area contributed by atoms with Crippen LogP contribution in [-0.2, 0) is 0 Å². The number of carbonyl (C=O) groups is 1. The molecular weight excluding hydrogens is 270 g/mol. The van der Waals surface area contributed by atoms with Gasteiger partial charge in [-0.15, -0.1) is 0 Å². The van der Waals surface area contributed by atoms with Gasteiger partial charge in [0.25, 0.3) is 11.7 Å². The molecule has 1 aliphatic rings. The summed E-state index contributed by atoms with van der Waals surface area (Å²) in [6.07, 6.45) is 5.10. The highest BCUT2D eigenvalue weighted by Gasteiger charge is 2.28. The van der Waals surface area contributed by atoms with Gasteiger partial charge in [-0.05, 0) is 33.1 Å². The first kappa shape index (κ1) is 13.9. The number of fused-ring (bicyclic) bond motifs is 1. The van der Waals surface area contributed by atoms with E-state index in [1.165, 1.54) is 6.33 Å². The van der Waals surface area contributed by atoms with E-state index in [0.29, 0.717) is 30.9 Å². The first-order chi connectivity index (χ1) is 9.98. The summed E-state index contributed by atoms with van der Waals surface area (Å²) in [4.78, 5) is 22.7. The molecule has 7 heteroatoms. The summed E-state index contributed by atoms with van der Waals surface area (Å²) in [5, 5.41) is 14.2. The summed E-state index contributed by atoms with van der Waals surface area (Å²) in [5.41, 5.74) is 0.589. The van der Waals surface area contributed by atoms with Crippen LogP contribution in [0.4, 0.5) is 0 Å². The van der Waals surface area contributed by atoms with E-state index in [4.69, 9.17) is 0 Å². The number of rotatable bonds is 1. The summed E-state index contributed by atoms with van der Waals surface area (Å²) in [5.74, 6) is 0.429. The third-order valence-corrected chi connectivity index (χ3v) is 4.13. The van der Waals surface area contributed by atoms with Crippen molar-refractivity contribution in [3.63, 3.8) is 0 Å². The summed E-state index contributed by atoms with van der Waals surface area (Å²) in [6.45, 7) is 4.88. The second-order valence-corrected chi connectivity index (χ2v) is 5.87. The largest absolute Gasteiger partial charge is 0.390 e. The Labute approximate surface area is 122 Å². The second kappa shape index (κ2) is 5.07. The predicted molar refractivity (Wildman–Crippen MR) is 75.9 cm³/mol. The van der Waals surface area contributed by atoms with Crippen molar-refractivity contribution in [1.82, 2.24) is 24.5 Å². The van der Waals surface area contributed by atoms with Gasteiger partial charge in [0.05, 0.1) is 16.9 Å². The highest BCUT2D eigenvalue weighted by molar-refractivity contribution is 5.95. The molecule has 0 saturated carbocycles. The maximum atomic E-state index is 12.7. The van der Waals surface area contributed by atoms with Crippen LogP contribution in [0.2, 0.25) is 0 Å². The molecule has 7 nitrogen and oxygen atoms in total. The third-order valence-electron chi connectivity index (χ3n) is 4.13. The molecular formula is C14H19N5O2. The molecule has 2 aromatic heterocycles.